The van der Waals surface area contributed by atoms with Crippen LogP contribution < -0.4 is 14.8 Å². The fourth-order valence-corrected chi connectivity index (χ4v) is 4.29. The Bertz CT molecular complexity index is 862. The van der Waals surface area contributed by atoms with E-state index in [2.05, 4.69) is 10.3 Å². The van der Waals surface area contributed by atoms with Crippen molar-refractivity contribution in [3.8, 4) is 11.5 Å². The van der Waals surface area contributed by atoms with Gasteiger partial charge in [0.25, 0.3) is 0 Å². The van der Waals surface area contributed by atoms with E-state index in [1.807, 2.05) is 49.4 Å². The van der Waals surface area contributed by atoms with Crippen molar-refractivity contribution in [1.29, 1.82) is 0 Å². The molecule has 0 saturated carbocycles. The lowest BCUT2D eigenvalue weighted by molar-refractivity contribution is -0.118. The number of hydrogen-bond acceptors (Lipinski definition) is 6. The number of hydrogen-bond donors (Lipinski definition) is 1. The molecule has 3 rings (SSSR count). The van der Waals surface area contributed by atoms with Gasteiger partial charge in [0.2, 0.25) is 5.91 Å². The number of thioether (sulfide) groups is 1. The highest BCUT2D eigenvalue weighted by molar-refractivity contribution is 8.01. The molecule has 0 radical (unpaired) electrons. The molecule has 136 valence electrons. The van der Waals surface area contributed by atoms with Crippen molar-refractivity contribution in [2.45, 2.75) is 17.8 Å². The van der Waals surface area contributed by atoms with Gasteiger partial charge in [-0.25, -0.2) is 4.98 Å². The summed E-state index contributed by atoms with van der Waals surface area (Å²) in [6.07, 6.45) is 0. The molecule has 1 amide bonds. The summed E-state index contributed by atoms with van der Waals surface area (Å²) in [6.45, 7) is 2.95. The molecule has 1 aromatic heterocycles. The van der Waals surface area contributed by atoms with Crippen LogP contribution in [-0.4, -0.2) is 30.4 Å². The first-order valence-electron chi connectivity index (χ1n) is 8.24. The van der Waals surface area contributed by atoms with Gasteiger partial charge in [0.15, 0.2) is 15.8 Å². The standard InChI is InChI=1S/C19H20N2O3S2/c1-3-24-15-9-8-13(10-16(15)23-2)11-20-18(22)12-25-19-21-14-6-4-5-7-17(14)26-19/h4-10H,3,11-12H2,1-2H3,(H,20,22). The highest BCUT2D eigenvalue weighted by atomic mass is 32.2. The topological polar surface area (TPSA) is 60.5 Å². The lowest BCUT2D eigenvalue weighted by atomic mass is 10.2. The SMILES string of the molecule is CCOc1ccc(CNC(=O)CSc2nc3ccccc3s2)cc1OC. The van der Waals surface area contributed by atoms with Crippen LogP contribution in [0.5, 0.6) is 11.5 Å². The predicted molar refractivity (Wildman–Crippen MR) is 106 cm³/mol. The number of methoxy groups -OCH3 is 1. The van der Waals surface area contributed by atoms with Gasteiger partial charge in [-0.05, 0) is 36.8 Å². The average molecular weight is 389 g/mol. The zero-order chi connectivity index (χ0) is 18.4. The van der Waals surface area contributed by atoms with Crippen LogP contribution >= 0.6 is 23.1 Å². The largest absolute Gasteiger partial charge is 0.493 e. The number of carbonyl (C=O) groups is 1. The molecule has 0 fully saturated rings. The third-order valence-electron chi connectivity index (χ3n) is 3.62. The summed E-state index contributed by atoms with van der Waals surface area (Å²) in [5.41, 5.74) is 1.94. The van der Waals surface area contributed by atoms with Gasteiger partial charge in [0.05, 0.1) is 29.7 Å². The van der Waals surface area contributed by atoms with E-state index >= 15 is 0 Å². The predicted octanol–water partition coefficient (Wildman–Crippen LogP) is 4.11. The molecule has 1 heterocycles. The summed E-state index contributed by atoms with van der Waals surface area (Å²) in [6, 6.07) is 13.6. The highest BCUT2D eigenvalue weighted by Gasteiger charge is 2.09. The first-order valence-corrected chi connectivity index (χ1v) is 10.0. The number of nitrogens with one attached hydrogen (secondary N) is 1. The van der Waals surface area contributed by atoms with E-state index in [1.54, 1.807) is 18.4 Å². The Balaban J connectivity index is 1.52. The van der Waals surface area contributed by atoms with Crippen molar-refractivity contribution in [2.24, 2.45) is 0 Å². The van der Waals surface area contributed by atoms with Gasteiger partial charge in [0.1, 0.15) is 0 Å². The van der Waals surface area contributed by atoms with E-state index in [0.29, 0.717) is 30.4 Å². The lowest BCUT2D eigenvalue weighted by Gasteiger charge is -2.11. The van der Waals surface area contributed by atoms with Crippen LogP contribution in [0.1, 0.15) is 12.5 Å². The zero-order valence-corrected chi connectivity index (χ0v) is 16.3. The van der Waals surface area contributed by atoms with Gasteiger partial charge < -0.3 is 14.8 Å². The van der Waals surface area contributed by atoms with Crippen molar-refractivity contribution in [1.82, 2.24) is 10.3 Å². The van der Waals surface area contributed by atoms with Crippen molar-refractivity contribution < 1.29 is 14.3 Å². The second kappa shape index (κ2) is 8.91. The van der Waals surface area contributed by atoms with Crippen molar-refractivity contribution in [2.75, 3.05) is 19.5 Å². The third kappa shape index (κ3) is 4.68. The summed E-state index contributed by atoms with van der Waals surface area (Å²) in [7, 11) is 1.61. The number of ether oxygens (including phenoxy) is 2. The second-order valence-corrected chi connectivity index (χ2v) is 7.68. The number of aromatic nitrogens is 1. The maximum Gasteiger partial charge on any atom is 0.230 e. The van der Waals surface area contributed by atoms with E-state index in [-0.39, 0.29) is 5.91 Å². The van der Waals surface area contributed by atoms with E-state index in [1.165, 1.54) is 11.8 Å². The summed E-state index contributed by atoms with van der Waals surface area (Å²) in [5.74, 6) is 1.69. The molecule has 7 heteroatoms. The fourth-order valence-electron chi connectivity index (χ4n) is 2.39. The molecule has 0 spiro atoms. The molecule has 2 aromatic carbocycles. The first kappa shape index (κ1) is 18.5. The van der Waals surface area contributed by atoms with Crippen LogP contribution in [0.15, 0.2) is 46.8 Å². The van der Waals surface area contributed by atoms with Crippen LogP contribution in [-0.2, 0) is 11.3 Å². The number of fused-ring (bicyclic) bond motifs is 1. The quantitative estimate of drug-likeness (QED) is 0.589. The Morgan fingerprint density at radius 1 is 1.23 bits per heavy atom. The smallest absolute Gasteiger partial charge is 0.230 e. The molecule has 5 nitrogen and oxygen atoms in total. The average Bonchev–Trinajstić information content (AvgIpc) is 3.08. The minimum Gasteiger partial charge on any atom is -0.493 e. The third-order valence-corrected chi connectivity index (χ3v) is 5.80. The molecule has 1 N–H and O–H groups in total. The molecular weight excluding hydrogens is 368 g/mol. The Labute approximate surface area is 160 Å². The molecule has 0 aliphatic carbocycles. The number of para-hydroxylation sites is 1. The van der Waals surface area contributed by atoms with Gasteiger partial charge >= 0.3 is 0 Å². The Morgan fingerprint density at radius 2 is 2.08 bits per heavy atom. The normalized spacial score (nSPS) is 10.7. The van der Waals surface area contributed by atoms with Crippen LogP contribution in [0.3, 0.4) is 0 Å². The van der Waals surface area contributed by atoms with Crippen molar-refractivity contribution >= 4 is 39.2 Å². The molecule has 0 unspecified atom stereocenters. The summed E-state index contributed by atoms with van der Waals surface area (Å²) in [4.78, 5) is 16.6. The minimum absolute atomic E-state index is 0.0258. The van der Waals surface area contributed by atoms with Crippen molar-refractivity contribution in [3.05, 3.63) is 48.0 Å². The molecular formula is C19H20N2O3S2. The second-order valence-electron chi connectivity index (χ2n) is 5.43. The van der Waals surface area contributed by atoms with Crippen LogP contribution in [0.2, 0.25) is 0 Å². The number of benzene rings is 2. The van der Waals surface area contributed by atoms with Crippen molar-refractivity contribution in [3.63, 3.8) is 0 Å². The highest BCUT2D eigenvalue weighted by Crippen LogP contribution is 2.29. The molecule has 26 heavy (non-hydrogen) atoms. The lowest BCUT2D eigenvalue weighted by Crippen LogP contribution is -2.24. The molecule has 0 aliphatic rings. The monoisotopic (exact) mass is 388 g/mol. The van der Waals surface area contributed by atoms with Gasteiger partial charge in [-0.3, -0.25) is 4.79 Å². The minimum atomic E-state index is -0.0258. The maximum absolute atomic E-state index is 12.1. The van der Waals surface area contributed by atoms with Gasteiger partial charge in [-0.15, -0.1) is 11.3 Å². The molecule has 0 atom stereocenters. The summed E-state index contributed by atoms with van der Waals surface area (Å²) >= 11 is 3.06. The number of carbonyl (C=O) groups excluding carboxylic acids is 1. The van der Waals surface area contributed by atoms with E-state index in [4.69, 9.17) is 9.47 Å². The summed E-state index contributed by atoms with van der Waals surface area (Å²) in [5, 5.41) is 2.93. The molecule has 0 saturated heterocycles. The Morgan fingerprint density at radius 3 is 2.85 bits per heavy atom. The van der Waals surface area contributed by atoms with Gasteiger partial charge in [-0.2, -0.15) is 0 Å². The van der Waals surface area contributed by atoms with E-state index in [9.17, 15) is 4.79 Å². The van der Waals surface area contributed by atoms with Gasteiger partial charge in [0, 0.05) is 6.54 Å². The molecule has 0 bridgehead atoms. The van der Waals surface area contributed by atoms with Crippen LogP contribution in [0.25, 0.3) is 10.2 Å². The van der Waals surface area contributed by atoms with Crippen LogP contribution in [0, 0.1) is 0 Å². The molecule has 3 aromatic rings. The van der Waals surface area contributed by atoms with E-state index < -0.39 is 0 Å². The Hall–Kier alpha value is -2.25. The molecule has 0 aliphatic heterocycles. The number of nitrogens with zero attached hydrogens (tertiary/aromatic N) is 1. The fraction of sp³-hybridized carbons (Fsp3) is 0.263. The van der Waals surface area contributed by atoms with E-state index in [0.717, 1.165) is 20.1 Å². The summed E-state index contributed by atoms with van der Waals surface area (Å²) < 4.78 is 12.9. The number of amides is 1. The first-order chi connectivity index (χ1) is 12.7. The zero-order valence-electron chi connectivity index (χ0n) is 14.7. The number of rotatable bonds is 8. The van der Waals surface area contributed by atoms with Crippen LogP contribution in [0.4, 0.5) is 0 Å². The number of thiazole rings is 1. The van der Waals surface area contributed by atoms with Gasteiger partial charge in [-0.1, -0.05) is 30.0 Å². The Kier molecular flexibility index (Phi) is 6.35. The maximum atomic E-state index is 12.1.